The first kappa shape index (κ1) is 23.9. The van der Waals surface area contributed by atoms with Crippen molar-refractivity contribution in [1.82, 2.24) is 10.3 Å². The summed E-state index contributed by atoms with van der Waals surface area (Å²) in [5.74, 6) is 0.300. The van der Waals surface area contributed by atoms with Gasteiger partial charge in [-0.15, -0.1) is 0 Å². The topological polar surface area (TPSA) is 75.3 Å². The number of para-hydroxylation sites is 1. The zero-order valence-electron chi connectivity index (χ0n) is 18.2. The molecule has 3 N–H and O–H groups in total. The minimum absolute atomic E-state index is 0.169. The van der Waals surface area contributed by atoms with Crippen LogP contribution in [0.3, 0.4) is 0 Å². The van der Waals surface area contributed by atoms with Gasteiger partial charge in [0.1, 0.15) is 0 Å². The van der Waals surface area contributed by atoms with Gasteiger partial charge >= 0.3 is 0 Å². The van der Waals surface area contributed by atoms with Gasteiger partial charge in [-0.3, -0.25) is 10.1 Å². The smallest absolute Gasteiger partial charge is 0.244 e. The average Bonchev–Trinajstić information content (AvgIpc) is 2.75. The predicted octanol–water partition coefficient (Wildman–Crippen LogP) is 6.04. The fourth-order valence-corrected chi connectivity index (χ4v) is 3.39. The summed E-state index contributed by atoms with van der Waals surface area (Å²) in [6.07, 6.45) is 1.60. The van der Waals surface area contributed by atoms with Crippen molar-refractivity contribution in [1.29, 1.82) is 0 Å². The zero-order valence-corrected chi connectivity index (χ0v) is 19.7. The molecule has 32 heavy (non-hydrogen) atoms. The van der Waals surface area contributed by atoms with Gasteiger partial charge in [-0.1, -0.05) is 41.4 Å². The highest BCUT2D eigenvalue weighted by molar-refractivity contribution is 6.36. The molecule has 0 unspecified atom stereocenters. The van der Waals surface area contributed by atoms with Crippen LogP contribution in [-0.4, -0.2) is 23.0 Å². The number of anilines is 3. The quantitative estimate of drug-likeness (QED) is 0.354. The number of benzene rings is 2. The molecule has 6 nitrogen and oxygen atoms in total. The maximum absolute atomic E-state index is 12.9. The standard InChI is InChI=1S/C24H26Cl2N4O2/c1-4-32-22-14-18(11-12-27-22)29-23(31)24(2,3)28-15-16-7-5-6-8-20(16)30-21-10-9-17(25)13-19(21)26/h5-14,28,30H,4,15H2,1-3H3,(H,27,29,31). The van der Waals surface area contributed by atoms with E-state index in [1.807, 2.05) is 51.1 Å². The molecule has 0 fully saturated rings. The Hall–Kier alpha value is -2.80. The van der Waals surface area contributed by atoms with Gasteiger partial charge in [0.2, 0.25) is 11.8 Å². The third-order valence-corrected chi connectivity index (χ3v) is 5.34. The molecule has 0 bridgehead atoms. The Labute approximate surface area is 198 Å². The Morgan fingerprint density at radius 3 is 2.59 bits per heavy atom. The normalized spacial score (nSPS) is 11.2. The fourth-order valence-electron chi connectivity index (χ4n) is 2.93. The van der Waals surface area contributed by atoms with Crippen LogP contribution in [0, 0.1) is 0 Å². The van der Waals surface area contributed by atoms with Gasteiger partial charge in [-0.25, -0.2) is 4.98 Å². The molecule has 0 saturated heterocycles. The summed E-state index contributed by atoms with van der Waals surface area (Å²) in [4.78, 5) is 17.0. The van der Waals surface area contributed by atoms with Crippen LogP contribution < -0.4 is 20.7 Å². The van der Waals surface area contributed by atoms with Crippen LogP contribution in [0.1, 0.15) is 26.3 Å². The summed E-state index contributed by atoms with van der Waals surface area (Å²) in [6, 6.07) is 16.6. The van der Waals surface area contributed by atoms with Crippen molar-refractivity contribution in [3.8, 4) is 5.88 Å². The van der Waals surface area contributed by atoms with Crippen molar-refractivity contribution >= 4 is 46.2 Å². The Bertz CT molecular complexity index is 1090. The van der Waals surface area contributed by atoms with E-state index in [2.05, 4.69) is 20.9 Å². The van der Waals surface area contributed by atoms with Crippen molar-refractivity contribution in [2.75, 3.05) is 17.2 Å². The number of pyridine rings is 1. The number of nitrogens with one attached hydrogen (secondary N) is 3. The Morgan fingerprint density at radius 1 is 1.06 bits per heavy atom. The molecule has 0 atom stereocenters. The lowest BCUT2D eigenvalue weighted by Gasteiger charge is -2.26. The van der Waals surface area contributed by atoms with Crippen LogP contribution >= 0.6 is 23.2 Å². The maximum Gasteiger partial charge on any atom is 0.244 e. The van der Waals surface area contributed by atoms with Crippen LogP contribution in [0.5, 0.6) is 5.88 Å². The SMILES string of the molecule is CCOc1cc(NC(=O)C(C)(C)NCc2ccccc2Nc2ccc(Cl)cc2Cl)ccn1. The molecule has 2 aromatic carbocycles. The minimum atomic E-state index is -0.833. The van der Waals surface area contributed by atoms with E-state index in [0.29, 0.717) is 34.8 Å². The van der Waals surface area contributed by atoms with E-state index in [4.69, 9.17) is 27.9 Å². The first-order valence-corrected chi connectivity index (χ1v) is 11.0. The molecule has 3 rings (SSSR count). The number of rotatable bonds is 9. The highest BCUT2D eigenvalue weighted by Crippen LogP contribution is 2.29. The number of halogens is 2. The number of nitrogens with zero attached hydrogens (tertiary/aromatic N) is 1. The van der Waals surface area contributed by atoms with Gasteiger partial charge in [0, 0.05) is 35.2 Å². The van der Waals surface area contributed by atoms with E-state index in [1.165, 1.54) is 0 Å². The summed E-state index contributed by atoms with van der Waals surface area (Å²) in [5.41, 5.74) is 2.42. The monoisotopic (exact) mass is 472 g/mol. The average molecular weight is 473 g/mol. The third-order valence-electron chi connectivity index (χ3n) is 4.79. The maximum atomic E-state index is 12.9. The second kappa shape index (κ2) is 10.7. The first-order chi connectivity index (χ1) is 15.3. The fraction of sp³-hybridized carbons (Fsp3) is 0.250. The molecule has 1 amide bonds. The molecular weight excluding hydrogens is 447 g/mol. The van der Waals surface area contributed by atoms with Crippen LogP contribution in [0.4, 0.5) is 17.1 Å². The van der Waals surface area contributed by atoms with Crippen molar-refractivity contribution < 1.29 is 9.53 Å². The number of ether oxygens (including phenoxy) is 1. The zero-order chi connectivity index (χ0) is 23.1. The number of hydrogen-bond acceptors (Lipinski definition) is 5. The Morgan fingerprint density at radius 2 is 1.84 bits per heavy atom. The molecule has 3 aromatic rings. The van der Waals surface area contributed by atoms with E-state index < -0.39 is 5.54 Å². The summed E-state index contributed by atoms with van der Waals surface area (Å²) in [7, 11) is 0. The van der Waals surface area contributed by atoms with E-state index in [-0.39, 0.29) is 5.91 Å². The predicted molar refractivity (Wildman–Crippen MR) is 131 cm³/mol. The third kappa shape index (κ3) is 6.36. The van der Waals surface area contributed by atoms with E-state index in [9.17, 15) is 4.79 Å². The summed E-state index contributed by atoms with van der Waals surface area (Å²) >= 11 is 12.3. The summed E-state index contributed by atoms with van der Waals surface area (Å²) in [5, 5.41) is 10.7. The van der Waals surface area contributed by atoms with Crippen molar-refractivity contribution in [2.45, 2.75) is 32.9 Å². The molecule has 168 valence electrons. The minimum Gasteiger partial charge on any atom is -0.478 e. The number of amides is 1. The second-order valence-electron chi connectivity index (χ2n) is 7.65. The van der Waals surface area contributed by atoms with Gasteiger partial charge in [0.05, 0.1) is 22.9 Å². The molecule has 0 spiro atoms. The molecule has 0 aliphatic heterocycles. The van der Waals surface area contributed by atoms with Gasteiger partial charge in [-0.2, -0.15) is 0 Å². The van der Waals surface area contributed by atoms with Crippen LogP contribution in [0.15, 0.2) is 60.8 Å². The molecule has 1 aromatic heterocycles. The molecular formula is C24H26Cl2N4O2. The van der Waals surface area contributed by atoms with Crippen molar-refractivity contribution in [3.63, 3.8) is 0 Å². The number of carbonyl (C=O) groups excluding carboxylic acids is 1. The summed E-state index contributed by atoms with van der Waals surface area (Å²) < 4.78 is 5.39. The molecule has 0 radical (unpaired) electrons. The molecule has 8 heteroatoms. The Balaban J connectivity index is 1.67. The van der Waals surface area contributed by atoms with Crippen LogP contribution in [-0.2, 0) is 11.3 Å². The first-order valence-electron chi connectivity index (χ1n) is 10.2. The molecule has 1 heterocycles. The number of aromatic nitrogens is 1. The lowest BCUT2D eigenvalue weighted by atomic mass is 10.0. The van der Waals surface area contributed by atoms with Gasteiger partial charge < -0.3 is 15.4 Å². The van der Waals surface area contributed by atoms with Crippen molar-refractivity contribution in [3.05, 3.63) is 76.4 Å². The Kier molecular flexibility index (Phi) is 7.96. The van der Waals surface area contributed by atoms with E-state index in [0.717, 1.165) is 16.9 Å². The largest absolute Gasteiger partial charge is 0.478 e. The van der Waals surface area contributed by atoms with Crippen LogP contribution in [0.25, 0.3) is 0 Å². The highest BCUT2D eigenvalue weighted by atomic mass is 35.5. The van der Waals surface area contributed by atoms with Gasteiger partial charge in [-0.05, 0) is 56.7 Å². The summed E-state index contributed by atoms with van der Waals surface area (Å²) in [6.45, 7) is 6.52. The van der Waals surface area contributed by atoms with E-state index >= 15 is 0 Å². The molecule has 0 aliphatic carbocycles. The number of carbonyl (C=O) groups is 1. The van der Waals surface area contributed by atoms with Crippen LogP contribution in [0.2, 0.25) is 10.0 Å². The van der Waals surface area contributed by atoms with Gasteiger partial charge in [0.15, 0.2) is 0 Å². The van der Waals surface area contributed by atoms with Crippen molar-refractivity contribution in [2.24, 2.45) is 0 Å². The van der Waals surface area contributed by atoms with E-state index in [1.54, 1.807) is 30.5 Å². The molecule has 0 aliphatic rings. The second-order valence-corrected chi connectivity index (χ2v) is 8.50. The highest BCUT2D eigenvalue weighted by Gasteiger charge is 2.27. The van der Waals surface area contributed by atoms with Gasteiger partial charge in [0.25, 0.3) is 0 Å². The lowest BCUT2D eigenvalue weighted by molar-refractivity contribution is -0.121. The number of hydrogen-bond donors (Lipinski definition) is 3. The molecule has 0 saturated carbocycles. The lowest BCUT2D eigenvalue weighted by Crippen LogP contribution is -2.49.